The molecule has 0 unspecified atom stereocenters. The van der Waals surface area contributed by atoms with Crippen LogP contribution in [0, 0.1) is 6.92 Å². The highest BCUT2D eigenvalue weighted by molar-refractivity contribution is 6.14. The average molecular weight is 274 g/mol. The van der Waals surface area contributed by atoms with Crippen molar-refractivity contribution in [3.05, 3.63) is 34.5 Å². The van der Waals surface area contributed by atoms with Crippen LogP contribution in [0.1, 0.15) is 36.5 Å². The van der Waals surface area contributed by atoms with Crippen LogP contribution in [-0.4, -0.2) is 19.0 Å². The Morgan fingerprint density at radius 1 is 1.20 bits per heavy atom. The van der Waals surface area contributed by atoms with Crippen LogP contribution in [0.15, 0.2) is 17.8 Å². The van der Waals surface area contributed by atoms with Crippen molar-refractivity contribution in [1.82, 2.24) is 10.6 Å². The molecule has 5 nitrogen and oxygen atoms in total. The monoisotopic (exact) mass is 274 g/mol. The van der Waals surface area contributed by atoms with Gasteiger partial charge in [0, 0.05) is 0 Å². The van der Waals surface area contributed by atoms with Crippen LogP contribution in [0.2, 0.25) is 0 Å². The van der Waals surface area contributed by atoms with E-state index in [1.54, 1.807) is 13.2 Å². The van der Waals surface area contributed by atoms with Crippen molar-refractivity contribution in [2.24, 2.45) is 0 Å². The van der Waals surface area contributed by atoms with E-state index in [0.29, 0.717) is 5.92 Å². The second kappa shape index (κ2) is 5.36. The predicted octanol–water partition coefficient (Wildman–Crippen LogP) is 2.31. The number of rotatable bonds is 3. The molecule has 1 aliphatic rings. The van der Waals surface area contributed by atoms with Gasteiger partial charge in [-0.25, -0.2) is 4.79 Å². The fourth-order valence-corrected chi connectivity index (χ4v) is 2.06. The first-order valence-corrected chi connectivity index (χ1v) is 6.45. The van der Waals surface area contributed by atoms with Crippen molar-refractivity contribution in [2.45, 2.75) is 26.7 Å². The molecular weight excluding hydrogens is 256 g/mol. The molecule has 0 atom stereocenters. The fraction of sp³-hybridized carbons (Fsp3) is 0.333. The molecule has 1 aromatic carbocycles. The number of nitrogens with one attached hydrogen (secondary N) is 2. The van der Waals surface area contributed by atoms with Crippen molar-refractivity contribution in [3.8, 4) is 5.75 Å². The minimum absolute atomic E-state index is 0.251. The summed E-state index contributed by atoms with van der Waals surface area (Å²) in [5, 5.41) is 4.67. The number of carbonyl (C=O) groups excluding carboxylic acids is 2. The number of ether oxygens (including phenoxy) is 1. The zero-order valence-corrected chi connectivity index (χ0v) is 12.0. The van der Waals surface area contributed by atoms with E-state index in [9.17, 15) is 9.59 Å². The largest absolute Gasteiger partial charge is 0.496 e. The quantitative estimate of drug-likeness (QED) is 0.656. The molecule has 1 saturated heterocycles. The van der Waals surface area contributed by atoms with Gasteiger partial charge in [0.15, 0.2) is 0 Å². The molecule has 1 aliphatic heterocycles. The highest BCUT2D eigenvalue weighted by atomic mass is 16.5. The van der Waals surface area contributed by atoms with Crippen molar-refractivity contribution < 1.29 is 14.3 Å². The summed E-state index contributed by atoms with van der Waals surface area (Å²) in [6.07, 6.45) is 1.67. The summed E-state index contributed by atoms with van der Waals surface area (Å²) in [7, 11) is 1.62. The van der Waals surface area contributed by atoms with E-state index in [4.69, 9.17) is 4.74 Å². The Hall–Kier alpha value is -2.30. The molecular formula is C15H18N2O3. The van der Waals surface area contributed by atoms with Gasteiger partial charge in [0.25, 0.3) is 5.91 Å². The number of carbonyl (C=O) groups is 2. The number of hydrogen-bond acceptors (Lipinski definition) is 3. The van der Waals surface area contributed by atoms with Crippen molar-refractivity contribution >= 4 is 18.0 Å². The molecule has 0 bridgehead atoms. The summed E-state index contributed by atoms with van der Waals surface area (Å²) in [5.74, 6) is 0.699. The number of urea groups is 1. The summed E-state index contributed by atoms with van der Waals surface area (Å²) < 4.78 is 5.37. The summed E-state index contributed by atoms with van der Waals surface area (Å²) in [6, 6.07) is 3.51. The molecule has 1 heterocycles. The molecule has 0 spiro atoms. The van der Waals surface area contributed by atoms with Crippen LogP contribution in [-0.2, 0) is 4.79 Å². The molecule has 0 aromatic heterocycles. The second-order valence-corrected chi connectivity index (χ2v) is 5.06. The third-order valence-electron chi connectivity index (χ3n) is 3.33. The number of amides is 3. The maximum absolute atomic E-state index is 11.6. The average Bonchev–Trinajstić information content (AvgIpc) is 2.70. The summed E-state index contributed by atoms with van der Waals surface area (Å²) in [5.41, 5.74) is 3.16. The lowest BCUT2D eigenvalue weighted by Gasteiger charge is -2.14. The number of methoxy groups -OCH3 is 1. The van der Waals surface area contributed by atoms with E-state index in [-0.39, 0.29) is 5.70 Å². The highest BCUT2D eigenvalue weighted by Gasteiger charge is 2.23. The van der Waals surface area contributed by atoms with Crippen LogP contribution in [0.25, 0.3) is 6.08 Å². The Balaban J connectivity index is 2.50. The summed E-state index contributed by atoms with van der Waals surface area (Å²) >= 11 is 0. The first-order valence-electron chi connectivity index (χ1n) is 6.45. The van der Waals surface area contributed by atoms with Crippen LogP contribution in [0.4, 0.5) is 4.79 Å². The Labute approximate surface area is 118 Å². The lowest BCUT2D eigenvalue weighted by atomic mass is 9.96. The van der Waals surface area contributed by atoms with Crippen LogP contribution in [0.5, 0.6) is 5.75 Å². The first-order chi connectivity index (χ1) is 9.42. The van der Waals surface area contributed by atoms with E-state index in [1.165, 1.54) is 0 Å². The Bertz CT molecular complexity index is 603. The third-order valence-corrected chi connectivity index (χ3v) is 3.33. The van der Waals surface area contributed by atoms with Gasteiger partial charge >= 0.3 is 6.03 Å². The zero-order chi connectivity index (χ0) is 14.9. The van der Waals surface area contributed by atoms with Crippen molar-refractivity contribution in [2.75, 3.05) is 7.11 Å². The van der Waals surface area contributed by atoms with Crippen LogP contribution < -0.4 is 15.4 Å². The van der Waals surface area contributed by atoms with Crippen LogP contribution in [0.3, 0.4) is 0 Å². The minimum atomic E-state index is -0.495. The SMILES string of the molecule is COc1cc(C(C)C)cc(/C=C2\NC(=O)NC2=O)c1C. The third kappa shape index (κ3) is 2.66. The highest BCUT2D eigenvalue weighted by Crippen LogP contribution is 2.29. The lowest BCUT2D eigenvalue weighted by molar-refractivity contribution is -0.115. The second-order valence-electron chi connectivity index (χ2n) is 5.06. The van der Waals surface area contributed by atoms with Gasteiger partial charge in [-0.15, -0.1) is 0 Å². The summed E-state index contributed by atoms with van der Waals surface area (Å²) in [4.78, 5) is 22.7. The molecule has 2 rings (SSSR count). The number of benzene rings is 1. The fourth-order valence-electron chi connectivity index (χ4n) is 2.06. The normalized spacial score (nSPS) is 16.6. The Morgan fingerprint density at radius 3 is 2.40 bits per heavy atom. The van der Waals surface area contributed by atoms with Gasteiger partial charge in [-0.1, -0.05) is 19.9 Å². The molecule has 106 valence electrons. The van der Waals surface area contributed by atoms with Crippen LogP contribution >= 0.6 is 0 Å². The smallest absolute Gasteiger partial charge is 0.326 e. The molecule has 0 radical (unpaired) electrons. The van der Waals surface area contributed by atoms with Gasteiger partial charge in [0.05, 0.1) is 7.11 Å². The molecule has 1 aromatic rings. The minimum Gasteiger partial charge on any atom is -0.496 e. The van der Waals surface area contributed by atoms with Gasteiger partial charge < -0.3 is 10.1 Å². The maximum atomic E-state index is 11.6. The molecule has 1 fully saturated rings. The molecule has 20 heavy (non-hydrogen) atoms. The molecule has 5 heteroatoms. The van der Waals surface area contributed by atoms with Crippen molar-refractivity contribution in [1.29, 1.82) is 0 Å². The predicted molar refractivity (Wildman–Crippen MR) is 76.5 cm³/mol. The van der Waals surface area contributed by atoms with Gasteiger partial charge in [0.2, 0.25) is 0 Å². The maximum Gasteiger partial charge on any atom is 0.326 e. The van der Waals surface area contributed by atoms with Gasteiger partial charge in [-0.3, -0.25) is 10.1 Å². The van der Waals surface area contributed by atoms with Gasteiger partial charge in [-0.05, 0) is 41.7 Å². The van der Waals surface area contributed by atoms with Crippen molar-refractivity contribution in [3.63, 3.8) is 0 Å². The lowest BCUT2D eigenvalue weighted by Crippen LogP contribution is -2.22. The van der Waals surface area contributed by atoms with E-state index < -0.39 is 11.9 Å². The molecule has 0 saturated carbocycles. The topological polar surface area (TPSA) is 67.4 Å². The van der Waals surface area contributed by atoms with E-state index in [0.717, 1.165) is 22.4 Å². The standard InChI is InChI=1S/C15H18N2O3/c1-8(2)10-5-11(9(3)13(7-10)20-4)6-12-14(18)17-15(19)16-12/h5-8H,1-4H3,(H2,16,17,18,19)/b12-6-. The van der Waals surface area contributed by atoms with E-state index in [1.807, 2.05) is 19.1 Å². The Kier molecular flexibility index (Phi) is 3.79. The van der Waals surface area contributed by atoms with Gasteiger partial charge in [0.1, 0.15) is 11.4 Å². The van der Waals surface area contributed by atoms with E-state index in [2.05, 4.69) is 24.5 Å². The Morgan fingerprint density at radius 2 is 1.90 bits per heavy atom. The van der Waals surface area contributed by atoms with Gasteiger partial charge in [-0.2, -0.15) is 0 Å². The molecule has 0 aliphatic carbocycles. The first kappa shape index (κ1) is 14.1. The molecule has 3 amide bonds. The molecule has 2 N–H and O–H groups in total. The van der Waals surface area contributed by atoms with E-state index >= 15 is 0 Å². The number of imide groups is 1. The zero-order valence-electron chi connectivity index (χ0n) is 12.0. The number of hydrogen-bond donors (Lipinski definition) is 2. The summed E-state index contributed by atoms with van der Waals surface area (Å²) in [6.45, 7) is 6.10.